The molecule has 0 unspecified atom stereocenters. The number of aryl methyl sites for hydroxylation is 3. The lowest BCUT2D eigenvalue weighted by atomic mass is 10.1. The topological polar surface area (TPSA) is 17.1 Å². The summed E-state index contributed by atoms with van der Waals surface area (Å²) >= 11 is 0. The molecular weight excluding hydrogens is 359 g/mol. The summed E-state index contributed by atoms with van der Waals surface area (Å²) in [6.07, 6.45) is 4.10. The Morgan fingerprint density at radius 3 is 1.39 bits per heavy atom. The van der Waals surface area contributed by atoms with E-state index < -0.39 is 7.14 Å². The fourth-order valence-corrected chi connectivity index (χ4v) is 6.32. The zero-order valence-electron chi connectivity index (χ0n) is 17.7. The Morgan fingerprint density at radius 1 is 0.643 bits per heavy atom. The number of rotatable bonds is 6. The normalized spacial score (nSPS) is 10.9. The van der Waals surface area contributed by atoms with Crippen molar-refractivity contribution < 1.29 is 4.57 Å². The number of unbranched alkanes of at least 4 members (excludes halogenated alkanes) is 2. The molecule has 0 bridgehead atoms. The fourth-order valence-electron chi connectivity index (χ4n) is 3.53. The van der Waals surface area contributed by atoms with E-state index in [4.69, 9.17) is 0 Å². The molecule has 0 aliphatic rings. The largest absolute Gasteiger partial charge is 0.314 e. The van der Waals surface area contributed by atoms with Gasteiger partial charge in [0.1, 0.15) is 7.14 Å². The minimum atomic E-state index is -2.45. The molecule has 0 saturated heterocycles. The maximum absolute atomic E-state index is 13.5. The van der Waals surface area contributed by atoms with E-state index in [9.17, 15) is 4.57 Å². The SMILES string of the molecule is CCCCCP(=O)(c1ccccc1)c1ccccc1.Cc1cc(C)cc(C)c1. The molecule has 0 amide bonds. The van der Waals surface area contributed by atoms with Crippen LogP contribution in [0.25, 0.3) is 0 Å². The smallest absolute Gasteiger partial charge is 0.143 e. The fraction of sp³-hybridized carbons (Fsp3) is 0.308. The van der Waals surface area contributed by atoms with Gasteiger partial charge in [0.15, 0.2) is 0 Å². The molecule has 0 atom stereocenters. The molecule has 0 N–H and O–H groups in total. The lowest BCUT2D eigenvalue weighted by Crippen LogP contribution is -2.18. The summed E-state index contributed by atoms with van der Waals surface area (Å²) in [5.74, 6) is 0. The molecule has 0 saturated carbocycles. The predicted molar refractivity (Wildman–Crippen MR) is 125 cm³/mol. The minimum absolute atomic E-state index is 0.773. The van der Waals surface area contributed by atoms with Crippen molar-refractivity contribution in [3.8, 4) is 0 Å². The third kappa shape index (κ3) is 6.50. The van der Waals surface area contributed by atoms with E-state index in [1.54, 1.807) is 0 Å². The van der Waals surface area contributed by atoms with Gasteiger partial charge in [0, 0.05) is 16.8 Å². The highest BCUT2D eigenvalue weighted by Gasteiger charge is 2.25. The zero-order chi connectivity index (χ0) is 20.4. The first-order valence-electron chi connectivity index (χ1n) is 10.2. The van der Waals surface area contributed by atoms with Crippen LogP contribution in [0.15, 0.2) is 78.9 Å². The van der Waals surface area contributed by atoms with Crippen molar-refractivity contribution >= 4 is 17.8 Å². The molecule has 0 aliphatic heterocycles. The average Bonchev–Trinajstić information content (AvgIpc) is 2.69. The summed E-state index contributed by atoms with van der Waals surface area (Å²) in [6, 6.07) is 26.4. The first-order valence-corrected chi connectivity index (χ1v) is 12.1. The Labute approximate surface area is 171 Å². The van der Waals surface area contributed by atoms with Crippen LogP contribution in [0.2, 0.25) is 0 Å². The Kier molecular flexibility index (Phi) is 8.74. The molecule has 0 aliphatic carbocycles. The molecule has 28 heavy (non-hydrogen) atoms. The van der Waals surface area contributed by atoms with E-state index in [0.29, 0.717) is 0 Å². The van der Waals surface area contributed by atoms with Crippen molar-refractivity contribution in [3.63, 3.8) is 0 Å². The number of benzene rings is 3. The van der Waals surface area contributed by atoms with Gasteiger partial charge >= 0.3 is 0 Å². The van der Waals surface area contributed by atoms with Gasteiger partial charge in [-0.3, -0.25) is 0 Å². The Morgan fingerprint density at radius 2 is 1.04 bits per heavy atom. The van der Waals surface area contributed by atoms with E-state index in [1.807, 2.05) is 60.7 Å². The summed E-state index contributed by atoms with van der Waals surface area (Å²) in [7, 11) is -2.45. The van der Waals surface area contributed by atoms with Crippen LogP contribution in [0.4, 0.5) is 0 Å². The molecular formula is C26H33OP. The van der Waals surface area contributed by atoms with Crippen LogP contribution >= 0.6 is 7.14 Å². The lowest BCUT2D eigenvalue weighted by molar-refractivity contribution is 0.584. The van der Waals surface area contributed by atoms with E-state index >= 15 is 0 Å². The molecule has 0 heterocycles. The maximum atomic E-state index is 13.5. The molecule has 0 spiro atoms. The monoisotopic (exact) mass is 392 g/mol. The Balaban J connectivity index is 0.000000261. The third-order valence-corrected chi connectivity index (χ3v) is 8.00. The van der Waals surface area contributed by atoms with Crippen LogP contribution in [-0.4, -0.2) is 6.16 Å². The van der Waals surface area contributed by atoms with Gasteiger partial charge < -0.3 is 4.57 Å². The summed E-state index contributed by atoms with van der Waals surface area (Å²) in [5, 5.41) is 1.97. The third-order valence-electron chi connectivity index (χ3n) is 4.79. The summed E-state index contributed by atoms with van der Waals surface area (Å²) < 4.78 is 13.5. The van der Waals surface area contributed by atoms with Gasteiger partial charge in [-0.25, -0.2) is 0 Å². The molecule has 0 radical (unpaired) electrons. The second kappa shape index (κ2) is 11.0. The van der Waals surface area contributed by atoms with Crippen LogP contribution in [-0.2, 0) is 4.57 Å². The Hall–Kier alpha value is -2.11. The van der Waals surface area contributed by atoms with Crippen molar-refractivity contribution in [1.29, 1.82) is 0 Å². The minimum Gasteiger partial charge on any atom is -0.314 e. The highest BCUT2D eigenvalue weighted by Crippen LogP contribution is 2.44. The van der Waals surface area contributed by atoms with Crippen LogP contribution < -0.4 is 10.6 Å². The molecule has 1 nitrogen and oxygen atoms in total. The van der Waals surface area contributed by atoms with Crippen LogP contribution in [0.1, 0.15) is 42.9 Å². The maximum Gasteiger partial charge on any atom is 0.143 e. The number of hydrogen-bond donors (Lipinski definition) is 0. The van der Waals surface area contributed by atoms with Gasteiger partial charge in [-0.15, -0.1) is 0 Å². The number of hydrogen-bond acceptors (Lipinski definition) is 1. The summed E-state index contributed by atoms with van der Waals surface area (Å²) in [6.45, 7) is 8.55. The van der Waals surface area contributed by atoms with Gasteiger partial charge in [-0.1, -0.05) is 115 Å². The second-order valence-corrected chi connectivity index (χ2v) is 10.5. The van der Waals surface area contributed by atoms with Crippen LogP contribution in [0, 0.1) is 20.8 Å². The van der Waals surface area contributed by atoms with Gasteiger partial charge in [0.05, 0.1) is 0 Å². The van der Waals surface area contributed by atoms with Gasteiger partial charge in [-0.05, 0) is 27.2 Å². The first kappa shape index (κ1) is 22.2. The predicted octanol–water partition coefficient (Wildman–Crippen LogP) is 6.80. The standard InChI is InChI=1S/C17H21OP.C9H12/c1-2-3-10-15-19(18,16-11-6-4-7-12-16)17-13-8-5-9-14-17;1-7-4-8(2)6-9(3)5-7/h4-9,11-14H,2-3,10,15H2,1H3;4-6H,1-3H3. The van der Waals surface area contributed by atoms with Crippen LogP contribution in [0.3, 0.4) is 0 Å². The van der Waals surface area contributed by atoms with E-state index in [0.717, 1.165) is 36.0 Å². The summed E-state index contributed by atoms with van der Waals surface area (Å²) in [4.78, 5) is 0. The first-order chi connectivity index (χ1) is 13.5. The van der Waals surface area contributed by atoms with E-state index in [2.05, 4.69) is 45.9 Å². The van der Waals surface area contributed by atoms with Crippen molar-refractivity contribution in [2.75, 3.05) is 6.16 Å². The zero-order valence-corrected chi connectivity index (χ0v) is 18.6. The molecule has 0 fully saturated rings. The quantitative estimate of drug-likeness (QED) is 0.333. The second-order valence-electron chi connectivity index (χ2n) is 7.51. The molecule has 3 aromatic carbocycles. The summed E-state index contributed by atoms with van der Waals surface area (Å²) in [5.41, 5.74) is 4.06. The van der Waals surface area contributed by atoms with Crippen LogP contribution in [0.5, 0.6) is 0 Å². The Bertz CT molecular complexity index is 791. The van der Waals surface area contributed by atoms with Gasteiger partial charge in [-0.2, -0.15) is 0 Å². The highest BCUT2D eigenvalue weighted by molar-refractivity contribution is 7.78. The van der Waals surface area contributed by atoms with E-state index in [1.165, 1.54) is 16.7 Å². The molecule has 3 rings (SSSR count). The molecule has 148 valence electrons. The van der Waals surface area contributed by atoms with Crippen molar-refractivity contribution in [3.05, 3.63) is 95.6 Å². The lowest BCUT2D eigenvalue weighted by Gasteiger charge is -2.19. The average molecular weight is 393 g/mol. The van der Waals surface area contributed by atoms with Crippen molar-refractivity contribution in [2.24, 2.45) is 0 Å². The molecule has 3 aromatic rings. The molecule has 0 aromatic heterocycles. The molecule has 2 heteroatoms. The van der Waals surface area contributed by atoms with Gasteiger partial charge in [0.25, 0.3) is 0 Å². The van der Waals surface area contributed by atoms with E-state index in [-0.39, 0.29) is 0 Å². The van der Waals surface area contributed by atoms with Gasteiger partial charge in [0.2, 0.25) is 0 Å². The van der Waals surface area contributed by atoms with Crippen molar-refractivity contribution in [1.82, 2.24) is 0 Å². The highest BCUT2D eigenvalue weighted by atomic mass is 31.2. The van der Waals surface area contributed by atoms with Crippen molar-refractivity contribution in [2.45, 2.75) is 47.0 Å².